The van der Waals surface area contributed by atoms with E-state index in [2.05, 4.69) is 28.5 Å². The molecule has 5 rings (SSSR count). The van der Waals surface area contributed by atoms with Crippen molar-refractivity contribution in [1.29, 1.82) is 0 Å². The highest BCUT2D eigenvalue weighted by Crippen LogP contribution is 2.42. The Kier molecular flexibility index (Phi) is 6.16. The molecule has 0 bridgehead atoms. The Bertz CT molecular complexity index is 1110. The Morgan fingerprint density at radius 1 is 1.13 bits per heavy atom. The number of benzene rings is 3. The van der Waals surface area contributed by atoms with E-state index in [1.807, 2.05) is 12.1 Å². The normalized spacial score (nSPS) is 15.9. The Balaban J connectivity index is 0.00000218. The lowest BCUT2D eigenvalue weighted by Crippen LogP contribution is -2.23. The molecule has 0 spiro atoms. The lowest BCUT2D eigenvalue weighted by molar-refractivity contribution is 0.181. The van der Waals surface area contributed by atoms with Gasteiger partial charge in [-0.3, -0.25) is 4.99 Å². The van der Waals surface area contributed by atoms with Gasteiger partial charge in [-0.05, 0) is 53.3 Å². The lowest BCUT2D eigenvalue weighted by atomic mass is 9.86. The van der Waals surface area contributed by atoms with Crippen LogP contribution in [0.5, 0.6) is 5.75 Å². The molecule has 3 nitrogen and oxygen atoms in total. The smallest absolute Gasteiger partial charge is 0.141 e. The Morgan fingerprint density at radius 3 is 2.67 bits per heavy atom. The summed E-state index contributed by atoms with van der Waals surface area (Å²) >= 11 is 6.14. The van der Waals surface area contributed by atoms with E-state index >= 15 is 0 Å². The quantitative estimate of drug-likeness (QED) is 0.504. The molecule has 0 atom stereocenters. The maximum Gasteiger partial charge on any atom is 0.141 e. The van der Waals surface area contributed by atoms with Gasteiger partial charge in [0.25, 0.3) is 0 Å². The first-order valence-corrected chi connectivity index (χ1v) is 10.5. The highest BCUT2D eigenvalue weighted by Gasteiger charge is 2.24. The van der Waals surface area contributed by atoms with Crippen molar-refractivity contribution in [1.82, 2.24) is 5.32 Å². The number of ether oxygens (including phenoxy) is 1. The van der Waals surface area contributed by atoms with E-state index in [1.54, 1.807) is 12.1 Å². The zero-order valence-corrected chi connectivity index (χ0v) is 18.0. The van der Waals surface area contributed by atoms with Crippen molar-refractivity contribution < 1.29 is 9.13 Å². The summed E-state index contributed by atoms with van der Waals surface area (Å²) in [5.41, 5.74) is 2.74. The summed E-state index contributed by atoms with van der Waals surface area (Å²) in [6.07, 6.45) is 3.69. The third-order valence-corrected chi connectivity index (χ3v) is 6.12. The average molecular weight is 445 g/mol. The summed E-state index contributed by atoms with van der Waals surface area (Å²) in [7, 11) is 0. The molecule has 0 saturated heterocycles. The average Bonchev–Trinajstić information content (AvgIpc) is 3.23. The van der Waals surface area contributed by atoms with Crippen LogP contribution in [-0.2, 0) is 0 Å². The van der Waals surface area contributed by atoms with E-state index in [4.69, 9.17) is 16.3 Å². The SMILES string of the molecule is Cl.Fc1ccc(-c2c(OCC3CCC3)c(C3=NCCN3)cc3ccccc23)cc1Cl. The fourth-order valence-electron chi connectivity index (χ4n) is 4.03. The van der Waals surface area contributed by atoms with E-state index in [1.165, 1.54) is 25.3 Å². The fourth-order valence-corrected chi connectivity index (χ4v) is 4.21. The molecular weight excluding hydrogens is 422 g/mol. The Hall–Kier alpha value is -2.30. The molecule has 1 aliphatic heterocycles. The van der Waals surface area contributed by atoms with E-state index in [0.29, 0.717) is 12.5 Å². The number of rotatable bonds is 5. The van der Waals surface area contributed by atoms with Gasteiger partial charge in [0.05, 0.1) is 23.7 Å². The van der Waals surface area contributed by atoms with E-state index in [0.717, 1.165) is 52.1 Å². The van der Waals surface area contributed by atoms with Gasteiger partial charge in [0.15, 0.2) is 0 Å². The van der Waals surface area contributed by atoms with Crippen molar-refractivity contribution in [2.45, 2.75) is 19.3 Å². The number of hydrogen-bond acceptors (Lipinski definition) is 3. The van der Waals surface area contributed by atoms with Crippen LogP contribution in [0.1, 0.15) is 24.8 Å². The predicted octanol–water partition coefficient (Wildman–Crippen LogP) is 6.25. The molecule has 3 aromatic carbocycles. The zero-order chi connectivity index (χ0) is 19.8. The third kappa shape index (κ3) is 3.86. The summed E-state index contributed by atoms with van der Waals surface area (Å²) in [5.74, 6) is 1.83. The number of fused-ring (bicyclic) bond motifs is 1. The summed E-state index contributed by atoms with van der Waals surface area (Å²) in [5, 5.41) is 5.63. The van der Waals surface area contributed by atoms with Gasteiger partial charge in [-0.2, -0.15) is 0 Å². The van der Waals surface area contributed by atoms with Gasteiger partial charge in [-0.25, -0.2) is 4.39 Å². The lowest BCUT2D eigenvalue weighted by Gasteiger charge is -2.27. The molecule has 3 aromatic rings. The van der Waals surface area contributed by atoms with Crippen molar-refractivity contribution in [3.8, 4) is 16.9 Å². The monoisotopic (exact) mass is 444 g/mol. The van der Waals surface area contributed by atoms with Crippen LogP contribution in [0.15, 0.2) is 53.5 Å². The Labute approximate surface area is 186 Å². The summed E-state index contributed by atoms with van der Waals surface area (Å²) in [6, 6.07) is 15.2. The minimum Gasteiger partial charge on any atom is -0.492 e. The van der Waals surface area contributed by atoms with Crippen molar-refractivity contribution in [2.75, 3.05) is 19.7 Å². The molecule has 30 heavy (non-hydrogen) atoms. The maximum atomic E-state index is 13.9. The molecule has 0 aromatic heterocycles. The maximum absolute atomic E-state index is 13.9. The summed E-state index contributed by atoms with van der Waals surface area (Å²) < 4.78 is 20.3. The molecule has 0 radical (unpaired) electrons. The van der Waals surface area contributed by atoms with Crippen molar-refractivity contribution in [3.05, 3.63) is 64.9 Å². The largest absolute Gasteiger partial charge is 0.492 e. The van der Waals surface area contributed by atoms with Crippen LogP contribution in [0, 0.1) is 11.7 Å². The minimum atomic E-state index is -0.422. The van der Waals surface area contributed by atoms with Gasteiger partial charge in [-0.15, -0.1) is 12.4 Å². The van der Waals surface area contributed by atoms with Crippen LogP contribution in [0.3, 0.4) is 0 Å². The highest BCUT2D eigenvalue weighted by molar-refractivity contribution is 6.31. The number of halogens is 3. The predicted molar refractivity (Wildman–Crippen MR) is 124 cm³/mol. The first kappa shape index (κ1) is 21.0. The van der Waals surface area contributed by atoms with Gasteiger partial charge < -0.3 is 10.1 Å². The zero-order valence-electron chi connectivity index (χ0n) is 16.5. The molecule has 1 aliphatic carbocycles. The topological polar surface area (TPSA) is 33.6 Å². The molecule has 0 unspecified atom stereocenters. The molecule has 1 N–H and O–H groups in total. The first-order chi connectivity index (χ1) is 14.2. The van der Waals surface area contributed by atoms with Crippen LogP contribution < -0.4 is 10.1 Å². The number of aliphatic imine (C=N–C) groups is 1. The highest BCUT2D eigenvalue weighted by atomic mass is 35.5. The van der Waals surface area contributed by atoms with Gasteiger partial charge in [0.2, 0.25) is 0 Å². The van der Waals surface area contributed by atoms with Crippen molar-refractivity contribution in [3.63, 3.8) is 0 Å². The molecule has 6 heteroatoms. The second-order valence-electron chi connectivity index (χ2n) is 7.74. The van der Waals surface area contributed by atoms with Crippen LogP contribution in [0.4, 0.5) is 4.39 Å². The summed E-state index contributed by atoms with van der Waals surface area (Å²) in [4.78, 5) is 4.64. The van der Waals surface area contributed by atoms with E-state index < -0.39 is 5.82 Å². The third-order valence-electron chi connectivity index (χ3n) is 5.83. The number of nitrogens with one attached hydrogen (secondary N) is 1. The van der Waals surface area contributed by atoms with Gasteiger partial charge in [-0.1, -0.05) is 48.4 Å². The summed E-state index contributed by atoms with van der Waals surface area (Å²) in [6.45, 7) is 2.25. The van der Waals surface area contributed by atoms with Crippen LogP contribution >= 0.6 is 24.0 Å². The fraction of sp³-hybridized carbons (Fsp3) is 0.292. The second-order valence-corrected chi connectivity index (χ2v) is 8.15. The second kappa shape index (κ2) is 8.83. The van der Waals surface area contributed by atoms with E-state index in [9.17, 15) is 4.39 Å². The van der Waals surface area contributed by atoms with Crippen LogP contribution in [-0.4, -0.2) is 25.5 Å². The molecular formula is C24H23Cl2FN2O. The van der Waals surface area contributed by atoms with Crippen molar-refractivity contribution in [2.24, 2.45) is 10.9 Å². The molecule has 0 amide bonds. The van der Waals surface area contributed by atoms with Gasteiger partial charge in [0.1, 0.15) is 17.4 Å². The van der Waals surface area contributed by atoms with Gasteiger partial charge >= 0.3 is 0 Å². The molecule has 1 fully saturated rings. The standard InChI is InChI=1S/C24H22ClFN2O.ClH/c25-20-13-17(8-9-21(20)26)22-18-7-2-1-6-16(18)12-19(24-27-10-11-28-24)23(22)29-14-15-4-3-5-15;/h1-2,6-9,12-13,15H,3-5,10-11,14H2,(H,27,28);1H. The van der Waals surface area contributed by atoms with Crippen LogP contribution in [0.25, 0.3) is 21.9 Å². The molecule has 2 aliphatic rings. The minimum absolute atomic E-state index is 0. The number of hydrogen-bond donors (Lipinski definition) is 1. The van der Waals surface area contributed by atoms with Crippen molar-refractivity contribution >= 4 is 40.6 Å². The molecule has 1 heterocycles. The van der Waals surface area contributed by atoms with E-state index in [-0.39, 0.29) is 17.4 Å². The number of nitrogens with zero attached hydrogens (tertiary/aromatic N) is 1. The number of amidine groups is 1. The van der Waals surface area contributed by atoms with Gasteiger partial charge in [0, 0.05) is 12.1 Å². The van der Waals surface area contributed by atoms with Crippen LogP contribution in [0.2, 0.25) is 5.02 Å². The molecule has 156 valence electrons. The first-order valence-electron chi connectivity index (χ1n) is 10.1. The molecule has 1 saturated carbocycles. The Morgan fingerprint density at radius 2 is 1.97 bits per heavy atom.